The van der Waals surface area contributed by atoms with Gasteiger partial charge in [0.05, 0.1) is 30.6 Å². The van der Waals surface area contributed by atoms with E-state index in [1.807, 2.05) is 13.0 Å². The number of alkyl halides is 1. The Balaban J connectivity index is 2.41. The van der Waals surface area contributed by atoms with Crippen LogP contribution >= 0.6 is 11.6 Å². The summed E-state index contributed by atoms with van der Waals surface area (Å²) in [5.41, 5.74) is 1.71. The summed E-state index contributed by atoms with van der Waals surface area (Å²) in [6, 6.07) is 3.62. The van der Waals surface area contributed by atoms with Gasteiger partial charge in [0.25, 0.3) is 0 Å². The van der Waals surface area contributed by atoms with E-state index in [0.29, 0.717) is 17.9 Å². The molecule has 0 spiro atoms. The Hall–Kier alpha value is -0.940. The number of hydrogen-bond acceptors (Lipinski definition) is 4. The highest BCUT2D eigenvalue weighted by atomic mass is 35.5. The molecule has 1 aliphatic rings. The highest BCUT2D eigenvalue weighted by Crippen LogP contribution is 2.40. The number of rotatable bonds is 4. The van der Waals surface area contributed by atoms with Crippen molar-refractivity contribution in [2.24, 2.45) is 0 Å². The van der Waals surface area contributed by atoms with Crippen LogP contribution in [0.1, 0.15) is 35.8 Å². The standard InChI is InChI=1S/C15H21ClO4S/c1-10-8-12(19-2)13(20-3)9-11(10)15(16)14-6-4-5-7-21(14,17)18/h8-9,14-15H,4-7H2,1-3H3. The monoisotopic (exact) mass is 332 g/mol. The van der Waals surface area contributed by atoms with E-state index in [9.17, 15) is 8.42 Å². The van der Waals surface area contributed by atoms with E-state index in [4.69, 9.17) is 21.1 Å². The molecule has 2 unspecified atom stereocenters. The van der Waals surface area contributed by atoms with Crippen LogP contribution in [-0.4, -0.2) is 33.6 Å². The molecule has 0 bridgehead atoms. The van der Waals surface area contributed by atoms with Crippen molar-refractivity contribution < 1.29 is 17.9 Å². The molecule has 0 N–H and O–H groups in total. The van der Waals surface area contributed by atoms with Crippen molar-refractivity contribution in [2.45, 2.75) is 36.8 Å². The Morgan fingerprint density at radius 2 is 1.81 bits per heavy atom. The molecule has 4 nitrogen and oxygen atoms in total. The number of hydrogen-bond donors (Lipinski definition) is 0. The van der Waals surface area contributed by atoms with Gasteiger partial charge in [-0.3, -0.25) is 0 Å². The zero-order valence-electron chi connectivity index (χ0n) is 12.6. The topological polar surface area (TPSA) is 52.6 Å². The van der Waals surface area contributed by atoms with Crippen molar-refractivity contribution in [3.05, 3.63) is 23.3 Å². The molecule has 0 aromatic heterocycles. The molecule has 1 fully saturated rings. The third kappa shape index (κ3) is 3.29. The summed E-state index contributed by atoms with van der Waals surface area (Å²) in [4.78, 5) is 0. The van der Waals surface area contributed by atoms with Crippen LogP contribution in [-0.2, 0) is 9.84 Å². The van der Waals surface area contributed by atoms with Gasteiger partial charge in [-0.25, -0.2) is 8.42 Å². The molecule has 1 saturated heterocycles. The third-order valence-corrected chi connectivity index (χ3v) is 7.00. The average Bonchev–Trinajstić information content (AvgIpc) is 2.45. The highest BCUT2D eigenvalue weighted by Gasteiger charge is 2.36. The van der Waals surface area contributed by atoms with Crippen molar-refractivity contribution in [1.29, 1.82) is 0 Å². The molecule has 1 aliphatic heterocycles. The zero-order valence-corrected chi connectivity index (χ0v) is 14.1. The van der Waals surface area contributed by atoms with Crippen LogP contribution in [0.3, 0.4) is 0 Å². The van der Waals surface area contributed by atoms with E-state index >= 15 is 0 Å². The molecule has 0 saturated carbocycles. The van der Waals surface area contributed by atoms with Crippen LogP contribution in [0.2, 0.25) is 0 Å². The molecule has 0 aliphatic carbocycles. The number of ether oxygens (including phenoxy) is 2. The fourth-order valence-electron chi connectivity index (χ4n) is 2.80. The molecule has 0 amide bonds. The van der Waals surface area contributed by atoms with Gasteiger partial charge < -0.3 is 9.47 Å². The molecule has 1 aromatic carbocycles. The Morgan fingerprint density at radius 1 is 1.19 bits per heavy atom. The van der Waals surface area contributed by atoms with Gasteiger partial charge in [0, 0.05) is 0 Å². The highest BCUT2D eigenvalue weighted by molar-refractivity contribution is 7.92. The van der Waals surface area contributed by atoms with Gasteiger partial charge in [0.15, 0.2) is 21.3 Å². The molecule has 0 radical (unpaired) electrons. The fourth-order valence-corrected chi connectivity index (χ4v) is 5.58. The molecule has 2 rings (SSSR count). The number of methoxy groups -OCH3 is 2. The van der Waals surface area contributed by atoms with E-state index in [1.165, 1.54) is 0 Å². The maximum atomic E-state index is 12.2. The summed E-state index contributed by atoms with van der Waals surface area (Å²) in [5, 5.41) is -1.08. The lowest BCUT2D eigenvalue weighted by molar-refractivity contribution is 0.354. The number of benzene rings is 1. The molecular weight excluding hydrogens is 312 g/mol. The van der Waals surface area contributed by atoms with Crippen LogP contribution in [0, 0.1) is 6.92 Å². The smallest absolute Gasteiger partial charge is 0.161 e. The first-order chi connectivity index (χ1) is 9.90. The van der Waals surface area contributed by atoms with Crippen LogP contribution in [0.25, 0.3) is 0 Å². The van der Waals surface area contributed by atoms with E-state index in [1.54, 1.807) is 20.3 Å². The molecular formula is C15H21ClO4S. The molecule has 2 atom stereocenters. The van der Waals surface area contributed by atoms with Crippen molar-refractivity contribution in [3.8, 4) is 11.5 Å². The second-order valence-corrected chi connectivity index (χ2v) is 8.18. The Morgan fingerprint density at radius 3 is 2.38 bits per heavy atom. The maximum Gasteiger partial charge on any atom is 0.161 e. The molecule has 21 heavy (non-hydrogen) atoms. The predicted octanol–water partition coefficient (Wildman–Crippen LogP) is 3.26. The van der Waals surface area contributed by atoms with E-state index in [-0.39, 0.29) is 5.75 Å². The van der Waals surface area contributed by atoms with Crippen molar-refractivity contribution in [3.63, 3.8) is 0 Å². The van der Waals surface area contributed by atoms with Gasteiger partial charge in [0.2, 0.25) is 0 Å². The van der Waals surface area contributed by atoms with Crippen molar-refractivity contribution >= 4 is 21.4 Å². The van der Waals surface area contributed by atoms with Gasteiger partial charge in [-0.2, -0.15) is 0 Å². The first kappa shape index (κ1) is 16.4. The molecule has 1 heterocycles. The van der Waals surface area contributed by atoms with Gasteiger partial charge >= 0.3 is 0 Å². The lowest BCUT2D eigenvalue weighted by Crippen LogP contribution is -2.32. The summed E-state index contributed by atoms with van der Waals surface area (Å²) in [7, 11) is -0.00365. The minimum absolute atomic E-state index is 0.229. The number of aryl methyl sites for hydroxylation is 1. The molecule has 6 heteroatoms. The van der Waals surface area contributed by atoms with Crippen molar-refractivity contribution in [1.82, 2.24) is 0 Å². The van der Waals surface area contributed by atoms with E-state index in [0.717, 1.165) is 24.0 Å². The first-order valence-electron chi connectivity index (χ1n) is 6.99. The van der Waals surface area contributed by atoms with Crippen LogP contribution in [0.5, 0.6) is 11.5 Å². The summed E-state index contributed by atoms with van der Waals surface area (Å²) in [6.07, 6.45) is 2.25. The van der Waals surface area contributed by atoms with Gasteiger partial charge in [-0.15, -0.1) is 11.6 Å². The Kier molecular flexibility index (Phi) is 5.04. The normalized spacial score (nSPS) is 22.6. The number of halogens is 1. The largest absolute Gasteiger partial charge is 0.493 e. The third-order valence-electron chi connectivity index (χ3n) is 4.02. The number of sulfone groups is 1. The first-order valence-corrected chi connectivity index (χ1v) is 9.14. The SMILES string of the molecule is COc1cc(C)c(C(Cl)C2CCCCS2(=O)=O)cc1OC. The van der Waals surface area contributed by atoms with E-state index in [2.05, 4.69) is 0 Å². The summed E-state index contributed by atoms with van der Waals surface area (Å²) in [5.74, 6) is 1.42. The Bertz CT molecular complexity index is 612. The average molecular weight is 333 g/mol. The second kappa shape index (κ2) is 6.44. The summed E-state index contributed by atoms with van der Waals surface area (Å²) >= 11 is 6.52. The predicted molar refractivity (Wildman–Crippen MR) is 84.3 cm³/mol. The lowest BCUT2D eigenvalue weighted by Gasteiger charge is -2.27. The van der Waals surface area contributed by atoms with Crippen LogP contribution < -0.4 is 9.47 Å². The van der Waals surface area contributed by atoms with Gasteiger partial charge in [-0.05, 0) is 43.0 Å². The minimum atomic E-state index is -3.13. The second-order valence-electron chi connectivity index (χ2n) is 5.37. The van der Waals surface area contributed by atoms with Gasteiger partial charge in [0.1, 0.15) is 0 Å². The molecule has 1 aromatic rings. The van der Waals surface area contributed by atoms with Crippen molar-refractivity contribution in [2.75, 3.05) is 20.0 Å². The summed E-state index contributed by atoms with van der Waals surface area (Å²) in [6.45, 7) is 1.90. The van der Waals surface area contributed by atoms with Crippen LogP contribution in [0.15, 0.2) is 12.1 Å². The Labute approximate surface area is 131 Å². The minimum Gasteiger partial charge on any atom is -0.493 e. The van der Waals surface area contributed by atoms with Gasteiger partial charge in [-0.1, -0.05) is 6.42 Å². The van der Waals surface area contributed by atoms with E-state index < -0.39 is 20.5 Å². The zero-order chi connectivity index (χ0) is 15.6. The van der Waals surface area contributed by atoms with Crippen LogP contribution in [0.4, 0.5) is 0 Å². The summed E-state index contributed by atoms with van der Waals surface area (Å²) < 4.78 is 35.0. The fraction of sp³-hybridized carbons (Fsp3) is 0.600. The molecule has 118 valence electrons. The lowest BCUT2D eigenvalue weighted by atomic mass is 9.99. The quantitative estimate of drug-likeness (QED) is 0.794. The maximum absolute atomic E-state index is 12.2.